The average molecular weight is 375 g/mol. The number of hydrogen-bond acceptors (Lipinski definition) is 5. The molecule has 27 heavy (non-hydrogen) atoms. The first-order chi connectivity index (χ1) is 12.9. The van der Waals surface area contributed by atoms with Gasteiger partial charge in [-0.25, -0.2) is 14.8 Å². The van der Waals surface area contributed by atoms with Crippen molar-refractivity contribution in [1.82, 2.24) is 20.2 Å². The molecule has 3 N–H and O–H groups in total. The summed E-state index contributed by atoms with van der Waals surface area (Å²) >= 11 is 0. The van der Waals surface area contributed by atoms with Crippen LogP contribution in [0.1, 0.15) is 45.4 Å². The van der Waals surface area contributed by atoms with E-state index < -0.39 is 5.97 Å². The number of aliphatic carboxylic acids is 1. The monoisotopic (exact) mass is 375 g/mol. The van der Waals surface area contributed by atoms with E-state index in [1.54, 1.807) is 12.4 Å². The zero-order valence-electron chi connectivity index (χ0n) is 16.0. The van der Waals surface area contributed by atoms with Gasteiger partial charge in [0, 0.05) is 25.0 Å². The van der Waals surface area contributed by atoms with Gasteiger partial charge in [-0.1, -0.05) is 13.8 Å². The van der Waals surface area contributed by atoms with Crippen molar-refractivity contribution < 1.29 is 14.7 Å². The molecule has 0 radical (unpaired) electrons. The predicted molar refractivity (Wildman–Crippen MR) is 101 cm³/mol. The van der Waals surface area contributed by atoms with Crippen LogP contribution in [0.25, 0.3) is 0 Å². The van der Waals surface area contributed by atoms with Gasteiger partial charge < -0.3 is 15.7 Å². The third kappa shape index (κ3) is 6.16. The second-order valence-corrected chi connectivity index (χ2v) is 8.17. The van der Waals surface area contributed by atoms with E-state index in [4.69, 9.17) is 5.11 Å². The number of urea groups is 1. The fourth-order valence-corrected chi connectivity index (χ4v) is 3.39. The molecule has 1 aromatic rings. The molecule has 0 bridgehead atoms. The lowest BCUT2D eigenvalue weighted by atomic mass is 9.85. The Labute approximate surface area is 159 Å². The number of amides is 2. The lowest BCUT2D eigenvalue weighted by Gasteiger charge is -2.42. The van der Waals surface area contributed by atoms with Gasteiger partial charge in [0.1, 0.15) is 5.82 Å². The molecule has 3 rings (SSSR count). The highest BCUT2D eigenvalue weighted by molar-refractivity contribution is 5.89. The molecule has 2 aliphatic carbocycles. The number of nitrogens with zero attached hydrogens (tertiary/aromatic N) is 3. The molecule has 148 valence electrons. The molecule has 2 fully saturated rings. The molecule has 0 unspecified atom stereocenters. The van der Waals surface area contributed by atoms with Crippen molar-refractivity contribution in [3.63, 3.8) is 0 Å². The molecule has 0 aliphatic heterocycles. The van der Waals surface area contributed by atoms with E-state index in [1.807, 2.05) is 0 Å². The van der Waals surface area contributed by atoms with Gasteiger partial charge in [0.25, 0.3) is 0 Å². The Bertz CT molecular complexity index is 654. The smallest absolute Gasteiger partial charge is 0.319 e. The number of anilines is 1. The van der Waals surface area contributed by atoms with Crippen molar-refractivity contribution in [2.75, 3.05) is 18.4 Å². The molecular weight excluding hydrogens is 346 g/mol. The van der Waals surface area contributed by atoms with Gasteiger partial charge in [0.15, 0.2) is 0 Å². The number of rotatable bonds is 9. The summed E-state index contributed by atoms with van der Waals surface area (Å²) in [4.78, 5) is 33.8. The van der Waals surface area contributed by atoms with E-state index in [0.717, 1.165) is 31.6 Å². The van der Waals surface area contributed by atoms with Crippen LogP contribution >= 0.6 is 0 Å². The summed E-state index contributed by atoms with van der Waals surface area (Å²) in [6.45, 7) is 5.16. The number of hydrogen-bond donors (Lipinski definition) is 3. The van der Waals surface area contributed by atoms with Gasteiger partial charge in [0.05, 0.1) is 24.6 Å². The predicted octanol–water partition coefficient (Wildman–Crippen LogP) is 2.12. The van der Waals surface area contributed by atoms with Gasteiger partial charge >= 0.3 is 12.0 Å². The van der Waals surface area contributed by atoms with E-state index in [0.29, 0.717) is 17.5 Å². The molecule has 0 aromatic carbocycles. The number of nitrogens with one attached hydrogen (secondary N) is 2. The molecule has 0 spiro atoms. The van der Waals surface area contributed by atoms with E-state index in [2.05, 4.69) is 39.3 Å². The fraction of sp³-hybridized carbons (Fsp3) is 0.684. The van der Waals surface area contributed by atoms with Crippen molar-refractivity contribution in [3.05, 3.63) is 18.2 Å². The van der Waals surface area contributed by atoms with E-state index >= 15 is 0 Å². The molecular formula is C19H29N5O3. The van der Waals surface area contributed by atoms with Crippen LogP contribution in [-0.2, 0) is 11.2 Å². The Balaban J connectivity index is 1.41. The molecule has 2 amide bonds. The number of aromatic nitrogens is 2. The lowest BCUT2D eigenvalue weighted by Crippen LogP contribution is -2.55. The molecule has 8 heteroatoms. The fourth-order valence-electron chi connectivity index (χ4n) is 3.39. The number of carboxylic acid groups (broad SMARTS) is 1. The maximum atomic E-state index is 12.1. The van der Waals surface area contributed by atoms with Crippen LogP contribution in [0.3, 0.4) is 0 Å². The first kappa shape index (κ1) is 19.5. The van der Waals surface area contributed by atoms with Crippen LogP contribution < -0.4 is 10.6 Å². The highest BCUT2D eigenvalue weighted by Crippen LogP contribution is 2.33. The van der Waals surface area contributed by atoms with Crippen molar-refractivity contribution in [3.8, 4) is 0 Å². The molecule has 2 aliphatic rings. The van der Waals surface area contributed by atoms with Gasteiger partial charge in [-0.15, -0.1) is 0 Å². The molecule has 0 saturated heterocycles. The van der Waals surface area contributed by atoms with Crippen LogP contribution in [0.4, 0.5) is 10.5 Å². The van der Waals surface area contributed by atoms with Crippen LogP contribution in [-0.4, -0.2) is 57.1 Å². The van der Waals surface area contributed by atoms with Crippen LogP contribution in [0.2, 0.25) is 0 Å². The second-order valence-electron chi connectivity index (χ2n) is 8.17. The summed E-state index contributed by atoms with van der Waals surface area (Å²) in [5.41, 5.74) is 0.567. The van der Waals surface area contributed by atoms with Gasteiger partial charge in [0.2, 0.25) is 0 Å². The number of carbonyl (C=O) groups is 2. The quantitative estimate of drug-likeness (QED) is 0.610. The van der Waals surface area contributed by atoms with Gasteiger partial charge in [-0.2, -0.15) is 0 Å². The molecule has 1 aromatic heterocycles. The third-order valence-electron chi connectivity index (χ3n) is 5.05. The zero-order chi connectivity index (χ0) is 19.4. The minimum absolute atomic E-state index is 0.0756. The number of carboxylic acids is 1. The van der Waals surface area contributed by atoms with Gasteiger partial charge in [-0.05, 0) is 37.5 Å². The Kier molecular flexibility index (Phi) is 6.26. The van der Waals surface area contributed by atoms with Crippen molar-refractivity contribution in [2.45, 2.75) is 58.0 Å². The van der Waals surface area contributed by atoms with Crippen molar-refractivity contribution >= 4 is 17.7 Å². The van der Waals surface area contributed by atoms with Crippen molar-refractivity contribution in [2.24, 2.45) is 11.8 Å². The Morgan fingerprint density at radius 2 is 1.93 bits per heavy atom. The van der Waals surface area contributed by atoms with Gasteiger partial charge in [-0.3, -0.25) is 9.69 Å². The van der Waals surface area contributed by atoms with Crippen LogP contribution in [0, 0.1) is 11.8 Å². The highest BCUT2D eigenvalue weighted by Gasteiger charge is 2.37. The second kappa shape index (κ2) is 8.65. The average Bonchev–Trinajstić information content (AvgIpc) is 3.35. The summed E-state index contributed by atoms with van der Waals surface area (Å²) < 4.78 is 0. The lowest BCUT2D eigenvalue weighted by molar-refractivity contribution is -0.139. The standard InChI is InChI=1S/C19H29N5O3/c1-12(2)5-17-20-8-15(9-21-17)23-19(27)22-14-6-16(7-14)24(11-18(25)26)10-13-3-4-13/h8-9,12-14,16H,3-7,10-11H2,1-2H3,(H,25,26)(H2,22,23,27). The van der Waals surface area contributed by atoms with Crippen LogP contribution in [0.15, 0.2) is 12.4 Å². The van der Waals surface area contributed by atoms with E-state index in [9.17, 15) is 9.59 Å². The molecule has 2 saturated carbocycles. The Hall–Kier alpha value is -2.22. The molecule has 0 atom stereocenters. The summed E-state index contributed by atoms with van der Waals surface area (Å²) in [7, 11) is 0. The molecule has 1 heterocycles. The maximum absolute atomic E-state index is 12.1. The minimum Gasteiger partial charge on any atom is -0.480 e. The summed E-state index contributed by atoms with van der Waals surface area (Å²) in [6.07, 6.45) is 8.03. The normalized spacial score (nSPS) is 21.8. The van der Waals surface area contributed by atoms with E-state index in [-0.39, 0.29) is 24.7 Å². The van der Waals surface area contributed by atoms with Crippen LogP contribution in [0.5, 0.6) is 0 Å². The third-order valence-corrected chi connectivity index (χ3v) is 5.05. The molecule has 8 nitrogen and oxygen atoms in total. The first-order valence-electron chi connectivity index (χ1n) is 9.73. The van der Waals surface area contributed by atoms with E-state index in [1.165, 1.54) is 12.8 Å². The SMILES string of the molecule is CC(C)Cc1ncc(NC(=O)NC2CC(N(CC(=O)O)CC3CC3)C2)cn1. The Morgan fingerprint density at radius 1 is 1.26 bits per heavy atom. The maximum Gasteiger partial charge on any atom is 0.319 e. The first-order valence-corrected chi connectivity index (χ1v) is 9.73. The summed E-state index contributed by atoms with van der Waals surface area (Å²) in [5, 5.41) is 14.8. The topological polar surface area (TPSA) is 107 Å². The number of carbonyl (C=O) groups excluding carboxylic acids is 1. The zero-order valence-corrected chi connectivity index (χ0v) is 16.0. The summed E-state index contributed by atoms with van der Waals surface area (Å²) in [5.74, 6) is 1.12. The largest absolute Gasteiger partial charge is 0.480 e. The highest BCUT2D eigenvalue weighted by atomic mass is 16.4. The van der Waals surface area contributed by atoms with Crippen molar-refractivity contribution in [1.29, 1.82) is 0 Å². The Morgan fingerprint density at radius 3 is 2.48 bits per heavy atom. The minimum atomic E-state index is -0.786. The summed E-state index contributed by atoms with van der Waals surface area (Å²) in [6, 6.07) is 0.0444.